The third-order valence-corrected chi connectivity index (χ3v) is 3.10. The van der Waals surface area contributed by atoms with E-state index in [2.05, 4.69) is 17.1 Å². The molecule has 0 fully saturated rings. The molecule has 3 nitrogen and oxygen atoms in total. The summed E-state index contributed by atoms with van der Waals surface area (Å²) in [5.74, 6) is 0.912. The van der Waals surface area contributed by atoms with Gasteiger partial charge in [-0.3, -0.25) is 0 Å². The van der Waals surface area contributed by atoms with Crippen molar-refractivity contribution in [1.29, 1.82) is 0 Å². The number of hydrogen-bond acceptors (Lipinski definition) is 2. The summed E-state index contributed by atoms with van der Waals surface area (Å²) in [6.45, 7) is 0. The SMILES string of the molecule is NC(Cc1ccccc1)c1ncc2ccccn12. The van der Waals surface area contributed by atoms with E-state index in [-0.39, 0.29) is 6.04 Å². The summed E-state index contributed by atoms with van der Waals surface area (Å²) in [6, 6.07) is 16.2. The minimum Gasteiger partial charge on any atom is -0.321 e. The Morgan fingerprint density at radius 1 is 1.06 bits per heavy atom. The number of fused-ring (bicyclic) bond motifs is 1. The normalized spacial score (nSPS) is 12.7. The highest BCUT2D eigenvalue weighted by molar-refractivity contribution is 5.45. The van der Waals surface area contributed by atoms with Crippen LogP contribution in [0.2, 0.25) is 0 Å². The van der Waals surface area contributed by atoms with Gasteiger partial charge in [0.25, 0.3) is 0 Å². The third-order valence-electron chi connectivity index (χ3n) is 3.10. The van der Waals surface area contributed by atoms with Crippen molar-refractivity contribution in [2.75, 3.05) is 0 Å². The molecule has 1 unspecified atom stereocenters. The van der Waals surface area contributed by atoms with Crippen LogP contribution in [0.1, 0.15) is 17.4 Å². The molecule has 0 saturated carbocycles. The Morgan fingerprint density at radius 2 is 1.83 bits per heavy atom. The molecule has 0 aliphatic carbocycles. The van der Waals surface area contributed by atoms with E-state index in [1.54, 1.807) is 0 Å². The van der Waals surface area contributed by atoms with E-state index in [0.29, 0.717) is 0 Å². The van der Waals surface area contributed by atoms with Crippen LogP contribution in [0.25, 0.3) is 5.52 Å². The fourth-order valence-electron chi connectivity index (χ4n) is 2.20. The van der Waals surface area contributed by atoms with E-state index in [1.807, 2.05) is 53.2 Å². The number of rotatable bonds is 3. The lowest BCUT2D eigenvalue weighted by Gasteiger charge is -2.10. The first kappa shape index (κ1) is 11.0. The Kier molecular flexibility index (Phi) is 2.82. The van der Waals surface area contributed by atoms with E-state index in [0.717, 1.165) is 17.8 Å². The molecule has 18 heavy (non-hydrogen) atoms. The lowest BCUT2D eigenvalue weighted by atomic mass is 10.1. The fourth-order valence-corrected chi connectivity index (χ4v) is 2.20. The average Bonchev–Trinajstić information content (AvgIpc) is 2.84. The van der Waals surface area contributed by atoms with Gasteiger partial charge >= 0.3 is 0 Å². The largest absolute Gasteiger partial charge is 0.321 e. The van der Waals surface area contributed by atoms with Crippen LogP contribution in [0.15, 0.2) is 60.9 Å². The van der Waals surface area contributed by atoms with Crippen LogP contribution < -0.4 is 5.73 Å². The van der Waals surface area contributed by atoms with Crippen LogP contribution >= 0.6 is 0 Å². The molecule has 0 amide bonds. The second-order valence-corrected chi connectivity index (χ2v) is 4.41. The highest BCUT2D eigenvalue weighted by atomic mass is 15.0. The molecule has 2 aromatic heterocycles. The molecule has 1 atom stereocenters. The summed E-state index contributed by atoms with van der Waals surface area (Å²) in [5, 5.41) is 0. The molecule has 3 rings (SSSR count). The van der Waals surface area contributed by atoms with Crippen molar-refractivity contribution in [3.8, 4) is 0 Å². The first-order chi connectivity index (χ1) is 8.84. The molecule has 2 N–H and O–H groups in total. The van der Waals surface area contributed by atoms with E-state index in [4.69, 9.17) is 5.73 Å². The fraction of sp³-hybridized carbons (Fsp3) is 0.133. The van der Waals surface area contributed by atoms with Crippen molar-refractivity contribution in [1.82, 2.24) is 9.38 Å². The third kappa shape index (κ3) is 2.00. The summed E-state index contributed by atoms with van der Waals surface area (Å²) in [6.07, 6.45) is 4.66. The smallest absolute Gasteiger partial charge is 0.130 e. The highest BCUT2D eigenvalue weighted by Gasteiger charge is 2.12. The maximum absolute atomic E-state index is 6.25. The Morgan fingerprint density at radius 3 is 2.67 bits per heavy atom. The van der Waals surface area contributed by atoms with E-state index in [9.17, 15) is 0 Å². The molecule has 0 bridgehead atoms. The van der Waals surface area contributed by atoms with Crippen molar-refractivity contribution in [3.63, 3.8) is 0 Å². The molecule has 0 aliphatic rings. The average molecular weight is 237 g/mol. The number of imidazole rings is 1. The van der Waals surface area contributed by atoms with Gasteiger partial charge in [-0.05, 0) is 24.1 Å². The van der Waals surface area contributed by atoms with E-state index >= 15 is 0 Å². The molecule has 2 heterocycles. The quantitative estimate of drug-likeness (QED) is 0.760. The van der Waals surface area contributed by atoms with Crippen LogP contribution in [0.5, 0.6) is 0 Å². The number of pyridine rings is 1. The van der Waals surface area contributed by atoms with Crippen molar-refractivity contribution in [2.45, 2.75) is 12.5 Å². The van der Waals surface area contributed by atoms with Gasteiger partial charge < -0.3 is 10.1 Å². The predicted molar refractivity (Wildman–Crippen MR) is 72.3 cm³/mol. The Balaban J connectivity index is 1.90. The molecular formula is C15H15N3. The van der Waals surface area contributed by atoms with Gasteiger partial charge in [-0.1, -0.05) is 36.4 Å². The Bertz CT molecular complexity index is 643. The maximum Gasteiger partial charge on any atom is 0.130 e. The van der Waals surface area contributed by atoms with Gasteiger partial charge in [0.2, 0.25) is 0 Å². The van der Waals surface area contributed by atoms with Gasteiger partial charge in [-0.15, -0.1) is 0 Å². The molecule has 3 heteroatoms. The first-order valence-corrected chi connectivity index (χ1v) is 6.06. The molecule has 0 radical (unpaired) electrons. The summed E-state index contributed by atoms with van der Waals surface area (Å²) < 4.78 is 2.05. The van der Waals surface area contributed by atoms with Gasteiger partial charge in [0, 0.05) is 6.20 Å². The predicted octanol–water partition coefficient (Wildman–Crippen LogP) is 2.58. The number of nitrogens with two attached hydrogens (primary N) is 1. The minimum absolute atomic E-state index is 0.0858. The van der Waals surface area contributed by atoms with Crippen LogP contribution in [-0.2, 0) is 6.42 Å². The second kappa shape index (κ2) is 4.63. The summed E-state index contributed by atoms with van der Waals surface area (Å²) in [4.78, 5) is 4.43. The van der Waals surface area contributed by atoms with Gasteiger partial charge in [-0.25, -0.2) is 4.98 Å². The van der Waals surface area contributed by atoms with E-state index in [1.165, 1.54) is 5.56 Å². The Labute approximate surface area is 106 Å². The monoisotopic (exact) mass is 237 g/mol. The topological polar surface area (TPSA) is 43.3 Å². The number of benzene rings is 1. The van der Waals surface area contributed by atoms with Crippen molar-refractivity contribution in [2.24, 2.45) is 5.73 Å². The zero-order valence-corrected chi connectivity index (χ0v) is 10.0. The zero-order valence-electron chi connectivity index (χ0n) is 10.0. The van der Waals surface area contributed by atoms with Crippen LogP contribution in [-0.4, -0.2) is 9.38 Å². The number of hydrogen-bond donors (Lipinski definition) is 1. The standard InChI is InChI=1S/C15H15N3/c16-14(10-12-6-2-1-3-7-12)15-17-11-13-8-4-5-9-18(13)15/h1-9,11,14H,10,16H2. The molecule has 0 aliphatic heterocycles. The van der Waals surface area contributed by atoms with Crippen molar-refractivity contribution in [3.05, 3.63) is 72.3 Å². The van der Waals surface area contributed by atoms with Gasteiger partial charge in [-0.2, -0.15) is 0 Å². The molecule has 0 saturated heterocycles. The van der Waals surface area contributed by atoms with Crippen molar-refractivity contribution < 1.29 is 0 Å². The van der Waals surface area contributed by atoms with E-state index < -0.39 is 0 Å². The zero-order chi connectivity index (χ0) is 12.4. The Hall–Kier alpha value is -2.13. The van der Waals surface area contributed by atoms with Crippen LogP contribution in [0.4, 0.5) is 0 Å². The highest BCUT2D eigenvalue weighted by Crippen LogP contribution is 2.16. The van der Waals surface area contributed by atoms with Gasteiger partial charge in [0.15, 0.2) is 0 Å². The number of nitrogens with zero attached hydrogens (tertiary/aromatic N) is 2. The summed E-state index contributed by atoms with van der Waals surface area (Å²) in [7, 11) is 0. The molecule has 1 aromatic carbocycles. The van der Waals surface area contributed by atoms with Crippen LogP contribution in [0.3, 0.4) is 0 Å². The molecule has 0 spiro atoms. The van der Waals surface area contributed by atoms with Crippen molar-refractivity contribution >= 4 is 5.52 Å². The number of aromatic nitrogens is 2. The molecular weight excluding hydrogens is 222 g/mol. The molecule has 3 aromatic rings. The molecule has 90 valence electrons. The maximum atomic E-state index is 6.25. The lowest BCUT2D eigenvalue weighted by Crippen LogP contribution is -2.16. The van der Waals surface area contributed by atoms with Crippen LogP contribution in [0, 0.1) is 0 Å². The van der Waals surface area contributed by atoms with Gasteiger partial charge in [0.05, 0.1) is 17.8 Å². The lowest BCUT2D eigenvalue weighted by molar-refractivity contribution is 0.664. The minimum atomic E-state index is -0.0858. The second-order valence-electron chi connectivity index (χ2n) is 4.41. The summed E-state index contributed by atoms with van der Waals surface area (Å²) >= 11 is 0. The first-order valence-electron chi connectivity index (χ1n) is 6.06. The van der Waals surface area contributed by atoms with Gasteiger partial charge in [0.1, 0.15) is 5.82 Å². The summed E-state index contributed by atoms with van der Waals surface area (Å²) in [5.41, 5.74) is 8.57.